The van der Waals surface area contributed by atoms with Gasteiger partial charge in [-0.3, -0.25) is 9.59 Å². The lowest BCUT2D eigenvalue weighted by Gasteiger charge is -1.98. The zero-order valence-corrected chi connectivity index (χ0v) is 7.00. The summed E-state index contributed by atoms with van der Waals surface area (Å²) >= 11 is 0. The summed E-state index contributed by atoms with van der Waals surface area (Å²) < 4.78 is 4.62. The number of ketones is 1. The number of carbonyl (C=O) groups is 2. The van der Waals surface area contributed by atoms with Gasteiger partial charge in [0.25, 0.3) is 0 Å². The first-order valence-electron chi connectivity index (χ1n) is 3.79. The van der Waals surface area contributed by atoms with Crippen molar-refractivity contribution in [3.63, 3.8) is 0 Å². The monoisotopic (exact) mass is 169 g/mol. The number of rotatable bonds is 5. The molecule has 0 fully saturated rings. The summed E-state index contributed by atoms with van der Waals surface area (Å²) in [6.07, 6.45) is 0.738. The largest absolute Gasteiger partial charge is 0.466 e. The van der Waals surface area contributed by atoms with Crippen LogP contribution in [0.4, 0.5) is 0 Å². The fraction of sp³-hybridized carbons (Fsp3) is 0.625. The zero-order valence-electron chi connectivity index (χ0n) is 7.00. The maximum Gasteiger partial charge on any atom is 0.305 e. The standard InChI is InChI=1S/C8H11NO3/c1-2-12-8(11)5-3-4-7(10)6-9/h2-5H2,1H3. The molecule has 0 rings (SSSR count). The number of esters is 1. The number of nitrogens with zero attached hydrogens (tertiary/aromatic N) is 1. The molecule has 0 bridgehead atoms. The molecule has 0 saturated heterocycles. The van der Waals surface area contributed by atoms with Gasteiger partial charge in [0.05, 0.1) is 6.61 Å². The van der Waals surface area contributed by atoms with Crippen molar-refractivity contribution in [3.8, 4) is 6.07 Å². The molecule has 0 aromatic heterocycles. The lowest BCUT2D eigenvalue weighted by Crippen LogP contribution is -2.04. The van der Waals surface area contributed by atoms with E-state index in [2.05, 4.69) is 4.74 Å². The molecular formula is C8H11NO3. The Morgan fingerprint density at radius 2 is 2.08 bits per heavy atom. The smallest absolute Gasteiger partial charge is 0.305 e. The molecule has 4 heteroatoms. The first kappa shape index (κ1) is 10.6. The van der Waals surface area contributed by atoms with Gasteiger partial charge in [0, 0.05) is 12.8 Å². The summed E-state index contributed by atoms with van der Waals surface area (Å²) in [5, 5.41) is 8.09. The molecule has 0 aromatic carbocycles. The third kappa shape index (κ3) is 5.42. The van der Waals surface area contributed by atoms with Crippen molar-refractivity contribution in [2.45, 2.75) is 26.2 Å². The van der Waals surface area contributed by atoms with E-state index in [-0.39, 0.29) is 18.8 Å². The first-order chi connectivity index (χ1) is 5.70. The lowest BCUT2D eigenvalue weighted by molar-refractivity contribution is -0.143. The molecule has 0 heterocycles. The molecule has 0 unspecified atom stereocenters. The van der Waals surface area contributed by atoms with E-state index in [0.29, 0.717) is 13.0 Å². The van der Waals surface area contributed by atoms with E-state index in [1.54, 1.807) is 6.92 Å². The summed E-state index contributed by atoms with van der Waals surface area (Å²) in [4.78, 5) is 21.1. The maximum absolute atomic E-state index is 10.7. The van der Waals surface area contributed by atoms with Gasteiger partial charge in [-0.05, 0) is 13.3 Å². The van der Waals surface area contributed by atoms with E-state index in [1.165, 1.54) is 6.07 Å². The van der Waals surface area contributed by atoms with E-state index in [0.717, 1.165) is 0 Å². The van der Waals surface area contributed by atoms with Gasteiger partial charge in [0.1, 0.15) is 6.07 Å². The minimum Gasteiger partial charge on any atom is -0.466 e. The normalized spacial score (nSPS) is 8.67. The van der Waals surface area contributed by atoms with Crippen molar-refractivity contribution < 1.29 is 14.3 Å². The summed E-state index contributed by atoms with van der Waals surface area (Å²) in [6, 6.07) is 1.48. The van der Waals surface area contributed by atoms with Gasteiger partial charge in [-0.15, -0.1) is 0 Å². The molecule has 0 aliphatic carbocycles. The molecule has 66 valence electrons. The van der Waals surface area contributed by atoms with E-state index in [1.807, 2.05) is 0 Å². The molecular weight excluding hydrogens is 158 g/mol. The molecule has 4 nitrogen and oxygen atoms in total. The second kappa shape index (κ2) is 6.35. The Morgan fingerprint density at radius 1 is 1.42 bits per heavy atom. The van der Waals surface area contributed by atoms with Gasteiger partial charge in [0.2, 0.25) is 5.78 Å². The van der Waals surface area contributed by atoms with Crippen LogP contribution < -0.4 is 0 Å². The van der Waals surface area contributed by atoms with Gasteiger partial charge >= 0.3 is 5.97 Å². The van der Waals surface area contributed by atoms with Crippen LogP contribution in [-0.2, 0) is 14.3 Å². The highest BCUT2D eigenvalue weighted by atomic mass is 16.5. The van der Waals surface area contributed by atoms with Crippen LogP contribution in [0.1, 0.15) is 26.2 Å². The molecule has 0 amide bonds. The van der Waals surface area contributed by atoms with Crippen LogP contribution in [0, 0.1) is 11.3 Å². The molecule has 0 atom stereocenters. The third-order valence-electron chi connectivity index (χ3n) is 1.21. The van der Waals surface area contributed by atoms with Crippen LogP contribution in [0.3, 0.4) is 0 Å². The summed E-state index contributed by atoms with van der Waals surface area (Å²) in [6.45, 7) is 2.07. The van der Waals surface area contributed by atoms with E-state index >= 15 is 0 Å². The second-order valence-corrected chi connectivity index (χ2v) is 2.19. The summed E-state index contributed by atoms with van der Waals surface area (Å²) in [5.41, 5.74) is 0. The van der Waals surface area contributed by atoms with Crippen LogP contribution in [0.5, 0.6) is 0 Å². The summed E-state index contributed by atoms with van der Waals surface area (Å²) in [5.74, 6) is -0.803. The van der Waals surface area contributed by atoms with E-state index < -0.39 is 5.78 Å². The number of hydrogen-bond acceptors (Lipinski definition) is 4. The molecule has 0 aliphatic heterocycles. The molecule has 0 spiro atoms. The average Bonchev–Trinajstić information content (AvgIpc) is 2.04. The molecule has 12 heavy (non-hydrogen) atoms. The highest BCUT2D eigenvalue weighted by Crippen LogP contribution is 1.97. The molecule has 0 radical (unpaired) electrons. The predicted molar refractivity (Wildman–Crippen MR) is 41.1 cm³/mol. The number of hydrogen-bond donors (Lipinski definition) is 0. The lowest BCUT2D eigenvalue weighted by atomic mass is 10.2. The van der Waals surface area contributed by atoms with Crippen LogP contribution >= 0.6 is 0 Å². The van der Waals surface area contributed by atoms with Gasteiger partial charge in [-0.25, -0.2) is 0 Å². The van der Waals surface area contributed by atoms with Gasteiger partial charge < -0.3 is 4.74 Å². The van der Waals surface area contributed by atoms with Crippen LogP contribution in [-0.4, -0.2) is 18.4 Å². The first-order valence-corrected chi connectivity index (χ1v) is 3.79. The van der Waals surface area contributed by atoms with Crippen molar-refractivity contribution >= 4 is 11.8 Å². The number of ether oxygens (including phenoxy) is 1. The molecule has 0 saturated carbocycles. The fourth-order valence-corrected chi connectivity index (χ4v) is 0.682. The van der Waals surface area contributed by atoms with Crippen molar-refractivity contribution in [1.82, 2.24) is 0 Å². The highest BCUT2D eigenvalue weighted by molar-refractivity contribution is 5.93. The Bertz CT molecular complexity index is 205. The minimum absolute atomic E-state index is 0.134. The minimum atomic E-state index is -0.487. The Hall–Kier alpha value is -1.37. The van der Waals surface area contributed by atoms with Crippen molar-refractivity contribution in [2.75, 3.05) is 6.61 Å². The Labute approximate surface area is 71.1 Å². The quantitative estimate of drug-likeness (QED) is 0.451. The predicted octanol–water partition coefficient (Wildman–Crippen LogP) is 0.812. The van der Waals surface area contributed by atoms with Gasteiger partial charge in [0.15, 0.2) is 0 Å². The van der Waals surface area contributed by atoms with Gasteiger partial charge in [-0.1, -0.05) is 0 Å². The van der Waals surface area contributed by atoms with Crippen molar-refractivity contribution in [2.24, 2.45) is 0 Å². The van der Waals surface area contributed by atoms with E-state index in [9.17, 15) is 9.59 Å². The number of Topliss-reactive ketones (excluding diaryl/α,β-unsaturated/α-hetero) is 1. The number of nitriles is 1. The summed E-state index contributed by atoms with van der Waals surface area (Å²) in [7, 11) is 0. The zero-order chi connectivity index (χ0) is 9.40. The van der Waals surface area contributed by atoms with Crippen LogP contribution in [0.15, 0.2) is 0 Å². The highest BCUT2D eigenvalue weighted by Gasteiger charge is 2.03. The van der Waals surface area contributed by atoms with Crippen LogP contribution in [0.2, 0.25) is 0 Å². The van der Waals surface area contributed by atoms with Crippen molar-refractivity contribution in [3.05, 3.63) is 0 Å². The topological polar surface area (TPSA) is 67.2 Å². The molecule has 0 N–H and O–H groups in total. The number of carbonyl (C=O) groups excluding carboxylic acids is 2. The van der Waals surface area contributed by atoms with Crippen molar-refractivity contribution in [1.29, 1.82) is 5.26 Å². The van der Waals surface area contributed by atoms with Gasteiger partial charge in [-0.2, -0.15) is 5.26 Å². The third-order valence-corrected chi connectivity index (χ3v) is 1.21. The van der Waals surface area contributed by atoms with Crippen LogP contribution in [0.25, 0.3) is 0 Å². The fourth-order valence-electron chi connectivity index (χ4n) is 0.682. The SMILES string of the molecule is CCOC(=O)CCCC(=O)C#N. The Kier molecular flexibility index (Phi) is 5.62. The average molecular weight is 169 g/mol. The van der Waals surface area contributed by atoms with E-state index in [4.69, 9.17) is 5.26 Å². The molecule has 0 aliphatic rings. The second-order valence-electron chi connectivity index (χ2n) is 2.19. The Balaban J connectivity index is 3.38. The maximum atomic E-state index is 10.7. The molecule has 0 aromatic rings. The Morgan fingerprint density at radius 3 is 2.58 bits per heavy atom.